The Morgan fingerprint density at radius 1 is 1.10 bits per heavy atom. The number of likely N-dealkylation sites (N-methyl/N-ethyl adjacent to an activating group) is 1. The van der Waals surface area contributed by atoms with E-state index in [9.17, 15) is 13.2 Å². The van der Waals surface area contributed by atoms with Crippen molar-refractivity contribution in [2.75, 3.05) is 38.1 Å². The highest BCUT2D eigenvalue weighted by molar-refractivity contribution is 7.10. The van der Waals surface area contributed by atoms with Crippen LogP contribution in [-0.4, -0.2) is 70.9 Å². The van der Waals surface area contributed by atoms with Gasteiger partial charge in [0.2, 0.25) is 0 Å². The van der Waals surface area contributed by atoms with Crippen LogP contribution in [0.25, 0.3) is 33.4 Å². The van der Waals surface area contributed by atoms with Crippen molar-refractivity contribution in [2.24, 2.45) is 5.41 Å². The Bertz CT molecular complexity index is 1810. The van der Waals surface area contributed by atoms with Gasteiger partial charge in [0.1, 0.15) is 6.54 Å². The summed E-state index contributed by atoms with van der Waals surface area (Å²) < 4.78 is 45.2. The number of halogens is 3. The lowest BCUT2D eigenvalue weighted by molar-refractivity contribution is -0.139. The molecule has 2 aliphatic rings. The van der Waals surface area contributed by atoms with Crippen molar-refractivity contribution in [2.45, 2.75) is 90.5 Å². The largest absolute Gasteiger partial charge is 0.406 e. The Kier molecular flexibility index (Phi) is 10.9. The third kappa shape index (κ3) is 8.19. The zero-order chi connectivity index (χ0) is 35.6. The van der Waals surface area contributed by atoms with Crippen LogP contribution >= 0.6 is 11.3 Å². The summed E-state index contributed by atoms with van der Waals surface area (Å²) in [6.45, 7) is 17.0. The van der Waals surface area contributed by atoms with Gasteiger partial charge in [-0.15, -0.1) is 24.5 Å². The molecule has 1 unspecified atom stereocenters. The van der Waals surface area contributed by atoms with Crippen LogP contribution in [0.4, 0.5) is 18.9 Å². The van der Waals surface area contributed by atoms with Crippen LogP contribution in [0.15, 0.2) is 61.2 Å². The molecule has 0 radical (unpaired) electrons. The fourth-order valence-electron chi connectivity index (χ4n) is 7.43. The van der Waals surface area contributed by atoms with E-state index in [-0.39, 0.29) is 11.5 Å². The van der Waals surface area contributed by atoms with Crippen molar-refractivity contribution in [3.8, 4) is 22.5 Å². The fourth-order valence-corrected chi connectivity index (χ4v) is 8.29. The maximum Gasteiger partial charge on any atom is 0.406 e. The predicted octanol–water partition coefficient (Wildman–Crippen LogP) is 9.09. The van der Waals surface area contributed by atoms with Crippen molar-refractivity contribution in [1.29, 1.82) is 0 Å². The molecule has 1 atom stereocenters. The van der Waals surface area contributed by atoms with E-state index in [2.05, 4.69) is 54.3 Å². The molecule has 1 aromatic carbocycles. The molecule has 1 saturated carbocycles. The molecule has 1 aliphatic heterocycles. The van der Waals surface area contributed by atoms with Gasteiger partial charge in [0, 0.05) is 77.8 Å². The molecule has 4 aromatic rings. The van der Waals surface area contributed by atoms with E-state index in [1.165, 1.54) is 17.4 Å². The molecule has 268 valence electrons. The molecule has 4 heterocycles. The molecule has 2 fully saturated rings. The Morgan fingerprint density at radius 2 is 1.86 bits per heavy atom. The lowest BCUT2D eigenvalue weighted by Crippen LogP contribution is -2.47. The van der Waals surface area contributed by atoms with E-state index < -0.39 is 12.7 Å². The number of hydrogen-bond donors (Lipinski definition) is 1. The number of nitrogens with one attached hydrogen (secondary N) is 1. The van der Waals surface area contributed by atoms with Crippen LogP contribution in [-0.2, 0) is 25.8 Å². The van der Waals surface area contributed by atoms with Gasteiger partial charge in [0.15, 0.2) is 0 Å². The minimum absolute atomic E-state index is 0.110. The van der Waals surface area contributed by atoms with Crippen LogP contribution in [0.2, 0.25) is 0 Å². The number of aromatic nitrogens is 3. The summed E-state index contributed by atoms with van der Waals surface area (Å²) >= 11 is 1.59. The lowest BCUT2D eigenvalue weighted by atomic mass is 9.80. The number of allylic oxidation sites excluding steroid dienone is 1. The van der Waals surface area contributed by atoms with Crippen molar-refractivity contribution < 1.29 is 13.2 Å². The van der Waals surface area contributed by atoms with Gasteiger partial charge < -0.3 is 14.8 Å². The van der Waals surface area contributed by atoms with E-state index >= 15 is 0 Å². The van der Waals surface area contributed by atoms with Crippen molar-refractivity contribution >= 4 is 27.9 Å². The summed E-state index contributed by atoms with van der Waals surface area (Å²) in [4.78, 5) is 14.8. The highest BCUT2D eigenvalue weighted by Crippen LogP contribution is 2.43. The minimum Gasteiger partial charge on any atom is -0.368 e. The predicted molar refractivity (Wildman–Crippen MR) is 202 cm³/mol. The zero-order valence-corrected chi connectivity index (χ0v) is 30.8. The maximum absolute atomic E-state index is 14.6. The van der Waals surface area contributed by atoms with Crippen molar-refractivity contribution in [3.05, 3.63) is 77.4 Å². The first-order chi connectivity index (χ1) is 23.9. The molecule has 6 nitrogen and oxygen atoms in total. The SMILES string of the molecule is C=CCCC(C)(C)Cc1c(-c2cc(N3CCN(C4CC4)CC3)cnc2CC)n(CC(F)(F)F)c2ccc(-c3csc(CC(C=C)NC)n3)cc12. The summed E-state index contributed by atoms with van der Waals surface area (Å²) in [5.74, 6) is 0. The second-order valence-corrected chi connectivity index (χ2v) is 15.6. The molecule has 0 amide bonds. The number of piperazine rings is 1. The first kappa shape index (κ1) is 36.3. The summed E-state index contributed by atoms with van der Waals surface area (Å²) in [6.07, 6.45) is 7.52. The summed E-state index contributed by atoms with van der Waals surface area (Å²) in [5, 5.41) is 7.10. The molecule has 0 bridgehead atoms. The van der Waals surface area contributed by atoms with Crippen molar-refractivity contribution in [1.82, 2.24) is 24.8 Å². The second-order valence-electron chi connectivity index (χ2n) is 14.7. The number of pyridine rings is 1. The molecule has 0 spiro atoms. The maximum atomic E-state index is 14.6. The van der Waals surface area contributed by atoms with E-state index in [4.69, 9.17) is 9.97 Å². The number of thiazole rings is 1. The average Bonchev–Trinajstić information content (AvgIpc) is 3.79. The number of hydrogen-bond acceptors (Lipinski definition) is 6. The molecule has 1 aliphatic carbocycles. The van der Waals surface area contributed by atoms with Gasteiger partial charge in [-0.2, -0.15) is 13.2 Å². The van der Waals surface area contributed by atoms with Crippen LogP contribution in [0.5, 0.6) is 0 Å². The van der Waals surface area contributed by atoms with E-state index in [1.807, 2.05) is 49.8 Å². The average molecular weight is 705 g/mol. The smallest absolute Gasteiger partial charge is 0.368 e. The molecule has 3 aromatic heterocycles. The highest BCUT2D eigenvalue weighted by atomic mass is 32.1. The monoisotopic (exact) mass is 704 g/mol. The first-order valence-corrected chi connectivity index (χ1v) is 18.9. The Labute approximate surface area is 299 Å². The molecule has 1 saturated heterocycles. The topological polar surface area (TPSA) is 49.2 Å². The molecular formula is C40H51F3N6S. The van der Waals surface area contributed by atoms with Crippen LogP contribution in [0.1, 0.15) is 62.7 Å². The van der Waals surface area contributed by atoms with Gasteiger partial charge in [-0.25, -0.2) is 4.98 Å². The third-order valence-corrected chi connectivity index (χ3v) is 11.2. The zero-order valence-electron chi connectivity index (χ0n) is 30.0. The summed E-state index contributed by atoms with van der Waals surface area (Å²) in [7, 11) is 1.90. The highest BCUT2D eigenvalue weighted by Gasteiger charge is 2.35. The number of aryl methyl sites for hydroxylation is 1. The molecule has 6 rings (SSSR count). The normalized spacial score (nSPS) is 16.7. The number of fused-ring (bicyclic) bond motifs is 1. The van der Waals surface area contributed by atoms with Crippen LogP contribution in [0.3, 0.4) is 0 Å². The van der Waals surface area contributed by atoms with Gasteiger partial charge in [-0.1, -0.05) is 39.0 Å². The second kappa shape index (κ2) is 15.0. The summed E-state index contributed by atoms with van der Waals surface area (Å²) in [6, 6.07) is 8.79. The third-order valence-electron chi connectivity index (χ3n) is 10.4. The number of rotatable bonds is 15. The Morgan fingerprint density at radius 3 is 2.50 bits per heavy atom. The molecule has 10 heteroatoms. The van der Waals surface area contributed by atoms with E-state index in [0.717, 1.165) is 95.6 Å². The number of benzene rings is 1. The fraction of sp³-hybridized carbons (Fsp3) is 0.500. The van der Waals surface area contributed by atoms with E-state index in [1.54, 1.807) is 11.3 Å². The molecule has 50 heavy (non-hydrogen) atoms. The number of alkyl halides is 3. The lowest BCUT2D eigenvalue weighted by Gasteiger charge is -2.36. The van der Waals surface area contributed by atoms with E-state index in [0.29, 0.717) is 24.1 Å². The molecule has 1 N–H and O–H groups in total. The number of anilines is 1. The Balaban J connectivity index is 1.51. The molecular weight excluding hydrogens is 654 g/mol. The van der Waals surface area contributed by atoms with Crippen LogP contribution < -0.4 is 10.2 Å². The number of nitrogens with zero attached hydrogens (tertiary/aromatic N) is 5. The van der Waals surface area contributed by atoms with Crippen molar-refractivity contribution in [3.63, 3.8) is 0 Å². The van der Waals surface area contributed by atoms with Gasteiger partial charge in [0.05, 0.1) is 28.3 Å². The van der Waals surface area contributed by atoms with Gasteiger partial charge in [-0.05, 0) is 74.8 Å². The summed E-state index contributed by atoms with van der Waals surface area (Å²) in [5.41, 5.74) is 6.27. The van der Waals surface area contributed by atoms with Gasteiger partial charge in [-0.3, -0.25) is 9.88 Å². The van der Waals surface area contributed by atoms with Gasteiger partial charge >= 0.3 is 6.18 Å². The quantitative estimate of drug-likeness (QED) is 0.125. The Hall–Kier alpha value is -3.47. The van der Waals surface area contributed by atoms with Crippen LogP contribution in [0, 0.1) is 5.41 Å². The van der Waals surface area contributed by atoms with Gasteiger partial charge in [0.25, 0.3) is 0 Å². The first-order valence-electron chi connectivity index (χ1n) is 18.0. The minimum atomic E-state index is -4.41. The standard InChI is InChI=1S/C40H51F3N6S/c1-7-10-15-39(4,5)23-33-31-20-27(35-25-50-37(46-35)21-28(8-2)44-6)11-14-36(31)49(26-40(41,42)43)38(33)32-22-30(24-45-34(32)9-3)48-18-16-47(17-19-48)29-12-13-29/h7-8,11,14,20,22,24-25,28-29,44H,1-2,9-10,12-13,15-19,21,23,26H2,3-6H3.